The van der Waals surface area contributed by atoms with E-state index in [9.17, 15) is 4.79 Å². The van der Waals surface area contributed by atoms with Gasteiger partial charge in [0.25, 0.3) is 5.91 Å². The first-order valence-electron chi connectivity index (χ1n) is 5.17. The minimum Gasteiger partial charge on any atom is -0.472 e. The van der Waals surface area contributed by atoms with Crippen LogP contribution in [0.5, 0.6) is 0 Å². The summed E-state index contributed by atoms with van der Waals surface area (Å²) in [6.07, 6.45) is 5.04. The van der Waals surface area contributed by atoms with Crippen molar-refractivity contribution in [3.05, 3.63) is 24.2 Å². The lowest BCUT2D eigenvalue weighted by Crippen LogP contribution is -2.33. The normalized spacial score (nSPS) is 10.3. The van der Waals surface area contributed by atoms with E-state index in [0.717, 1.165) is 19.4 Å². The van der Waals surface area contributed by atoms with Crippen molar-refractivity contribution in [3.63, 3.8) is 0 Å². The standard InChI is InChI=1S/C11H16ClNO2/c1-2-3-6-13(7-5-12)11(14)10-4-8-15-9-10/h4,8-9H,2-3,5-7H2,1H3. The summed E-state index contributed by atoms with van der Waals surface area (Å²) in [6.45, 7) is 3.44. The van der Waals surface area contributed by atoms with Crippen LogP contribution >= 0.6 is 11.6 Å². The molecule has 0 N–H and O–H groups in total. The zero-order valence-electron chi connectivity index (χ0n) is 8.91. The molecule has 1 amide bonds. The van der Waals surface area contributed by atoms with Gasteiger partial charge in [0, 0.05) is 19.0 Å². The van der Waals surface area contributed by atoms with Crippen molar-refractivity contribution < 1.29 is 9.21 Å². The summed E-state index contributed by atoms with van der Waals surface area (Å²) in [7, 11) is 0. The number of unbranched alkanes of at least 4 members (excludes halogenated alkanes) is 1. The van der Waals surface area contributed by atoms with Crippen molar-refractivity contribution in [2.24, 2.45) is 0 Å². The summed E-state index contributed by atoms with van der Waals surface area (Å²) in [5.74, 6) is 0.464. The maximum absolute atomic E-state index is 11.9. The average molecular weight is 230 g/mol. The molecule has 1 heterocycles. The van der Waals surface area contributed by atoms with Crippen molar-refractivity contribution in [3.8, 4) is 0 Å². The molecule has 0 saturated carbocycles. The molecule has 0 aliphatic heterocycles. The van der Waals surface area contributed by atoms with Crippen LogP contribution in [-0.4, -0.2) is 29.8 Å². The molecule has 0 aliphatic rings. The Morgan fingerprint density at radius 1 is 1.53 bits per heavy atom. The molecular formula is C11H16ClNO2. The fraction of sp³-hybridized carbons (Fsp3) is 0.545. The lowest BCUT2D eigenvalue weighted by atomic mass is 10.2. The van der Waals surface area contributed by atoms with Gasteiger partial charge in [-0.15, -0.1) is 11.6 Å². The van der Waals surface area contributed by atoms with Gasteiger partial charge in [0.15, 0.2) is 0 Å². The number of rotatable bonds is 6. The SMILES string of the molecule is CCCCN(CCCl)C(=O)c1ccoc1. The summed E-state index contributed by atoms with van der Waals surface area (Å²) in [4.78, 5) is 13.7. The Labute approximate surface area is 95.0 Å². The third-order valence-corrected chi connectivity index (χ3v) is 2.36. The number of halogens is 1. The van der Waals surface area contributed by atoms with Crippen molar-refractivity contribution >= 4 is 17.5 Å². The second-order valence-electron chi connectivity index (χ2n) is 3.35. The summed E-state index contributed by atoms with van der Waals surface area (Å²) in [5.41, 5.74) is 0.594. The molecule has 1 aromatic heterocycles. The van der Waals surface area contributed by atoms with Gasteiger partial charge in [-0.1, -0.05) is 13.3 Å². The van der Waals surface area contributed by atoms with Gasteiger partial charge in [-0.25, -0.2) is 0 Å². The summed E-state index contributed by atoms with van der Waals surface area (Å²) >= 11 is 5.66. The Hall–Kier alpha value is -0.960. The fourth-order valence-electron chi connectivity index (χ4n) is 1.33. The van der Waals surface area contributed by atoms with E-state index >= 15 is 0 Å². The molecular weight excluding hydrogens is 214 g/mol. The number of furan rings is 1. The maximum atomic E-state index is 11.9. The Balaban J connectivity index is 2.58. The highest BCUT2D eigenvalue weighted by molar-refractivity contribution is 6.18. The van der Waals surface area contributed by atoms with Crippen LogP contribution in [0, 0.1) is 0 Å². The number of amides is 1. The van der Waals surface area contributed by atoms with Crippen molar-refractivity contribution in [1.29, 1.82) is 0 Å². The first-order chi connectivity index (χ1) is 7.29. The van der Waals surface area contributed by atoms with E-state index in [2.05, 4.69) is 6.92 Å². The van der Waals surface area contributed by atoms with Gasteiger partial charge in [0.1, 0.15) is 6.26 Å². The topological polar surface area (TPSA) is 33.5 Å². The van der Waals surface area contributed by atoms with E-state index in [-0.39, 0.29) is 5.91 Å². The van der Waals surface area contributed by atoms with Crippen LogP contribution in [0.25, 0.3) is 0 Å². The van der Waals surface area contributed by atoms with Crippen molar-refractivity contribution in [1.82, 2.24) is 4.90 Å². The second-order valence-corrected chi connectivity index (χ2v) is 3.72. The molecule has 3 nitrogen and oxygen atoms in total. The molecule has 0 aliphatic carbocycles. The molecule has 84 valence electrons. The van der Waals surface area contributed by atoms with E-state index < -0.39 is 0 Å². The van der Waals surface area contributed by atoms with Gasteiger partial charge in [0.05, 0.1) is 11.8 Å². The molecule has 0 atom stereocenters. The minimum atomic E-state index is -0.00199. The smallest absolute Gasteiger partial charge is 0.257 e. The monoisotopic (exact) mass is 229 g/mol. The molecule has 0 bridgehead atoms. The molecule has 0 saturated heterocycles. The van der Waals surface area contributed by atoms with Gasteiger partial charge in [-0.2, -0.15) is 0 Å². The lowest BCUT2D eigenvalue weighted by Gasteiger charge is -2.20. The lowest BCUT2D eigenvalue weighted by molar-refractivity contribution is 0.0762. The zero-order valence-corrected chi connectivity index (χ0v) is 9.67. The third kappa shape index (κ3) is 3.59. The molecule has 0 radical (unpaired) electrons. The van der Waals surface area contributed by atoms with Crippen molar-refractivity contribution in [2.75, 3.05) is 19.0 Å². The van der Waals surface area contributed by atoms with Gasteiger partial charge in [-0.05, 0) is 12.5 Å². The first-order valence-corrected chi connectivity index (χ1v) is 5.70. The average Bonchev–Trinajstić information content (AvgIpc) is 2.76. The predicted molar refractivity (Wildman–Crippen MR) is 60.2 cm³/mol. The second kappa shape index (κ2) is 6.51. The fourth-order valence-corrected chi connectivity index (χ4v) is 1.54. The Morgan fingerprint density at radius 3 is 2.87 bits per heavy atom. The molecule has 0 aromatic carbocycles. The van der Waals surface area contributed by atoms with Crippen LogP contribution in [0.1, 0.15) is 30.1 Å². The number of carbonyl (C=O) groups is 1. The highest BCUT2D eigenvalue weighted by Gasteiger charge is 2.15. The van der Waals surface area contributed by atoms with Crippen LogP contribution < -0.4 is 0 Å². The van der Waals surface area contributed by atoms with Crippen molar-refractivity contribution in [2.45, 2.75) is 19.8 Å². The van der Waals surface area contributed by atoms with E-state index in [0.29, 0.717) is 18.0 Å². The first kappa shape index (κ1) is 12.1. The van der Waals surface area contributed by atoms with Crippen LogP contribution in [0.4, 0.5) is 0 Å². The van der Waals surface area contributed by atoms with E-state index in [4.69, 9.17) is 16.0 Å². The minimum absolute atomic E-state index is 0.00199. The van der Waals surface area contributed by atoms with Crippen LogP contribution in [0.15, 0.2) is 23.0 Å². The Morgan fingerprint density at radius 2 is 2.33 bits per heavy atom. The van der Waals surface area contributed by atoms with Gasteiger partial charge in [0.2, 0.25) is 0 Å². The number of alkyl halides is 1. The molecule has 0 unspecified atom stereocenters. The number of hydrogen-bond acceptors (Lipinski definition) is 2. The number of carbonyl (C=O) groups excluding carboxylic acids is 1. The zero-order chi connectivity index (χ0) is 11.1. The quantitative estimate of drug-likeness (QED) is 0.703. The summed E-state index contributed by atoms with van der Waals surface area (Å²) in [6, 6.07) is 1.68. The number of nitrogens with zero attached hydrogens (tertiary/aromatic N) is 1. The molecule has 1 aromatic rings. The molecule has 0 fully saturated rings. The highest BCUT2D eigenvalue weighted by Crippen LogP contribution is 2.07. The Kier molecular flexibility index (Phi) is 5.26. The molecule has 15 heavy (non-hydrogen) atoms. The summed E-state index contributed by atoms with van der Waals surface area (Å²) in [5, 5.41) is 0. The molecule has 4 heteroatoms. The molecule has 1 rings (SSSR count). The van der Waals surface area contributed by atoms with Crippen LogP contribution in [0.2, 0.25) is 0 Å². The van der Waals surface area contributed by atoms with E-state index in [1.807, 2.05) is 0 Å². The van der Waals surface area contributed by atoms with E-state index in [1.54, 1.807) is 11.0 Å². The predicted octanol–water partition coefficient (Wildman–Crippen LogP) is 2.76. The van der Waals surface area contributed by atoms with E-state index in [1.165, 1.54) is 12.5 Å². The van der Waals surface area contributed by atoms with Gasteiger partial charge >= 0.3 is 0 Å². The van der Waals surface area contributed by atoms with Gasteiger partial charge in [-0.3, -0.25) is 4.79 Å². The van der Waals surface area contributed by atoms with Crippen LogP contribution in [0.3, 0.4) is 0 Å². The largest absolute Gasteiger partial charge is 0.472 e. The molecule has 0 spiro atoms. The number of hydrogen-bond donors (Lipinski definition) is 0. The maximum Gasteiger partial charge on any atom is 0.257 e. The Bertz CT molecular complexity index is 285. The van der Waals surface area contributed by atoms with Crippen LogP contribution in [-0.2, 0) is 0 Å². The third-order valence-electron chi connectivity index (χ3n) is 2.19. The summed E-state index contributed by atoms with van der Waals surface area (Å²) < 4.78 is 4.89. The van der Waals surface area contributed by atoms with Gasteiger partial charge < -0.3 is 9.32 Å². The highest BCUT2D eigenvalue weighted by atomic mass is 35.5.